The Morgan fingerprint density at radius 1 is 0.271 bits per heavy atom. The van der Waals surface area contributed by atoms with Crippen molar-refractivity contribution in [3.63, 3.8) is 0 Å². The Hall–Kier alpha value is -1.10. The molecular formula is C65H128O5. The van der Waals surface area contributed by atoms with Crippen molar-refractivity contribution in [2.24, 2.45) is 0 Å². The Morgan fingerprint density at radius 3 is 0.629 bits per heavy atom. The number of carbonyl (C=O) groups excluding carboxylic acids is 2. The molecule has 418 valence electrons. The van der Waals surface area contributed by atoms with E-state index >= 15 is 0 Å². The molecule has 0 aliphatic rings. The van der Waals surface area contributed by atoms with Crippen molar-refractivity contribution in [1.82, 2.24) is 0 Å². The molecule has 0 amide bonds. The van der Waals surface area contributed by atoms with Gasteiger partial charge in [-0.25, -0.2) is 0 Å². The monoisotopic (exact) mass is 989 g/mol. The highest BCUT2D eigenvalue weighted by atomic mass is 16.6. The van der Waals surface area contributed by atoms with Crippen molar-refractivity contribution in [1.29, 1.82) is 0 Å². The lowest BCUT2D eigenvalue weighted by molar-refractivity contribution is -0.161. The fourth-order valence-electron chi connectivity index (χ4n) is 10.5. The van der Waals surface area contributed by atoms with Crippen molar-refractivity contribution in [2.45, 2.75) is 392 Å². The van der Waals surface area contributed by atoms with E-state index in [1.807, 2.05) is 0 Å². The van der Waals surface area contributed by atoms with Gasteiger partial charge in [0.25, 0.3) is 0 Å². The zero-order valence-electron chi connectivity index (χ0n) is 48.1. The van der Waals surface area contributed by atoms with Crippen LogP contribution < -0.4 is 0 Å². The topological polar surface area (TPSA) is 72.8 Å². The molecule has 0 aromatic heterocycles. The molecule has 0 rings (SSSR count). The quantitative estimate of drug-likeness (QED) is 0.0486. The zero-order valence-corrected chi connectivity index (χ0v) is 48.1. The van der Waals surface area contributed by atoms with Crippen molar-refractivity contribution in [3.8, 4) is 0 Å². The molecule has 0 aliphatic carbocycles. The van der Waals surface area contributed by atoms with E-state index < -0.39 is 6.10 Å². The van der Waals surface area contributed by atoms with Gasteiger partial charge in [0.05, 0.1) is 6.61 Å². The van der Waals surface area contributed by atoms with Gasteiger partial charge in [-0.2, -0.15) is 0 Å². The molecule has 0 aromatic carbocycles. The van der Waals surface area contributed by atoms with Crippen molar-refractivity contribution in [3.05, 3.63) is 0 Å². The van der Waals surface area contributed by atoms with Crippen LogP contribution in [0.3, 0.4) is 0 Å². The van der Waals surface area contributed by atoms with E-state index in [4.69, 9.17) is 9.47 Å². The standard InChI is InChI=1S/C65H128O5/c1-3-5-7-9-11-13-15-17-19-21-23-25-27-29-30-31-32-33-34-35-36-38-40-42-44-46-48-50-52-54-56-58-60-65(68)70-63(61-66)62-69-64(67)59-57-55-53-51-49-47-45-43-41-39-37-28-26-24-22-20-18-16-14-12-10-8-6-4-2/h63,66H,3-62H2,1-2H3. The van der Waals surface area contributed by atoms with Crippen LogP contribution >= 0.6 is 0 Å². The van der Waals surface area contributed by atoms with E-state index in [1.54, 1.807) is 0 Å². The van der Waals surface area contributed by atoms with Crippen LogP contribution in [-0.2, 0) is 19.1 Å². The van der Waals surface area contributed by atoms with Crippen LogP contribution in [0.25, 0.3) is 0 Å². The average Bonchev–Trinajstić information content (AvgIpc) is 3.36. The molecule has 0 bridgehead atoms. The number of rotatable bonds is 62. The smallest absolute Gasteiger partial charge is 0.306 e. The van der Waals surface area contributed by atoms with Crippen molar-refractivity contribution >= 4 is 11.9 Å². The molecule has 0 aromatic rings. The lowest BCUT2D eigenvalue weighted by atomic mass is 10.0. The molecular weight excluding hydrogens is 861 g/mol. The second-order valence-corrected chi connectivity index (χ2v) is 22.6. The van der Waals surface area contributed by atoms with Gasteiger partial charge in [-0.1, -0.05) is 361 Å². The van der Waals surface area contributed by atoms with Crippen LogP contribution in [0.2, 0.25) is 0 Å². The van der Waals surface area contributed by atoms with Crippen LogP contribution in [0.4, 0.5) is 0 Å². The lowest BCUT2D eigenvalue weighted by Crippen LogP contribution is -2.28. The normalized spacial score (nSPS) is 12.0. The maximum atomic E-state index is 12.3. The van der Waals surface area contributed by atoms with Gasteiger partial charge >= 0.3 is 11.9 Å². The van der Waals surface area contributed by atoms with E-state index in [2.05, 4.69) is 13.8 Å². The van der Waals surface area contributed by atoms with Gasteiger partial charge in [0.1, 0.15) is 6.61 Å². The number of carbonyl (C=O) groups is 2. The molecule has 0 spiro atoms. The van der Waals surface area contributed by atoms with Gasteiger partial charge in [-0.3, -0.25) is 9.59 Å². The Labute approximate surface area is 439 Å². The van der Waals surface area contributed by atoms with Gasteiger partial charge in [-0.05, 0) is 12.8 Å². The Bertz CT molecular complexity index is 983. The first-order chi connectivity index (χ1) is 34.6. The van der Waals surface area contributed by atoms with Crippen molar-refractivity contribution < 1.29 is 24.2 Å². The minimum absolute atomic E-state index is 0.0554. The molecule has 0 radical (unpaired) electrons. The molecule has 0 fully saturated rings. The molecule has 0 saturated carbocycles. The summed E-state index contributed by atoms with van der Waals surface area (Å²) in [4.78, 5) is 24.6. The van der Waals surface area contributed by atoms with E-state index in [0.717, 1.165) is 32.1 Å². The number of esters is 2. The molecule has 5 heteroatoms. The number of aliphatic hydroxyl groups excluding tert-OH is 1. The van der Waals surface area contributed by atoms with Gasteiger partial charge < -0.3 is 14.6 Å². The van der Waals surface area contributed by atoms with Crippen molar-refractivity contribution in [2.75, 3.05) is 13.2 Å². The number of hydrogen-bond donors (Lipinski definition) is 1. The first-order valence-corrected chi connectivity index (χ1v) is 32.6. The SMILES string of the molecule is CCCCCCCCCCCCCCCCCCCCCCCCCCCCCCCCCCC(=O)OC(CO)COC(=O)CCCCCCCCCCCCCCCCCCCCCCCCCC. The van der Waals surface area contributed by atoms with Gasteiger partial charge in [0.2, 0.25) is 0 Å². The third-order valence-corrected chi connectivity index (χ3v) is 15.4. The number of aliphatic hydroxyl groups is 1. The second-order valence-electron chi connectivity index (χ2n) is 22.6. The first-order valence-electron chi connectivity index (χ1n) is 32.6. The Balaban J connectivity index is 3.36. The third kappa shape index (κ3) is 59.5. The van der Waals surface area contributed by atoms with Gasteiger partial charge in [0, 0.05) is 12.8 Å². The number of unbranched alkanes of at least 4 members (excludes halogenated alkanes) is 54. The second kappa shape index (κ2) is 62.2. The predicted octanol–water partition coefficient (Wildman–Crippen LogP) is 22.1. The van der Waals surface area contributed by atoms with Crippen LogP contribution in [0.1, 0.15) is 386 Å². The number of ether oxygens (including phenoxy) is 2. The highest BCUT2D eigenvalue weighted by molar-refractivity contribution is 5.70. The molecule has 0 aliphatic heterocycles. The summed E-state index contributed by atoms with van der Waals surface area (Å²) in [5.74, 6) is -0.560. The zero-order chi connectivity index (χ0) is 50.6. The predicted molar refractivity (Wildman–Crippen MR) is 307 cm³/mol. The van der Waals surface area contributed by atoms with E-state index in [-0.39, 0.29) is 25.2 Å². The van der Waals surface area contributed by atoms with E-state index in [1.165, 1.54) is 327 Å². The van der Waals surface area contributed by atoms with Crippen LogP contribution in [0, 0.1) is 0 Å². The summed E-state index contributed by atoms with van der Waals surface area (Å²) < 4.78 is 10.8. The minimum atomic E-state index is -0.765. The van der Waals surface area contributed by atoms with Gasteiger partial charge in [-0.15, -0.1) is 0 Å². The summed E-state index contributed by atoms with van der Waals surface area (Å²) in [5, 5.41) is 9.68. The summed E-state index contributed by atoms with van der Waals surface area (Å²) >= 11 is 0. The molecule has 1 N–H and O–H groups in total. The maximum Gasteiger partial charge on any atom is 0.306 e. The highest BCUT2D eigenvalue weighted by Gasteiger charge is 2.16. The Kier molecular flexibility index (Phi) is 61.2. The van der Waals surface area contributed by atoms with E-state index in [9.17, 15) is 14.7 Å². The average molecular weight is 990 g/mol. The molecule has 0 saturated heterocycles. The molecule has 0 heterocycles. The molecule has 5 nitrogen and oxygen atoms in total. The third-order valence-electron chi connectivity index (χ3n) is 15.4. The molecule has 1 unspecified atom stereocenters. The lowest BCUT2D eigenvalue weighted by Gasteiger charge is -2.15. The fourth-order valence-corrected chi connectivity index (χ4v) is 10.5. The highest BCUT2D eigenvalue weighted by Crippen LogP contribution is 2.19. The van der Waals surface area contributed by atoms with Crippen LogP contribution in [-0.4, -0.2) is 36.4 Å². The maximum absolute atomic E-state index is 12.3. The van der Waals surface area contributed by atoms with Crippen LogP contribution in [0.15, 0.2) is 0 Å². The number of hydrogen-bond acceptors (Lipinski definition) is 5. The van der Waals surface area contributed by atoms with Crippen LogP contribution in [0.5, 0.6) is 0 Å². The summed E-state index contributed by atoms with van der Waals surface area (Å²) in [5.41, 5.74) is 0. The largest absolute Gasteiger partial charge is 0.462 e. The van der Waals surface area contributed by atoms with Gasteiger partial charge in [0.15, 0.2) is 6.10 Å². The summed E-state index contributed by atoms with van der Waals surface area (Å²) in [6.07, 6.45) is 77.0. The summed E-state index contributed by atoms with van der Waals surface area (Å²) in [7, 11) is 0. The fraction of sp³-hybridized carbons (Fsp3) is 0.969. The Morgan fingerprint density at radius 2 is 0.443 bits per heavy atom. The molecule has 1 atom stereocenters. The summed E-state index contributed by atoms with van der Waals surface area (Å²) in [6.45, 7) is 4.22. The van der Waals surface area contributed by atoms with E-state index in [0.29, 0.717) is 12.8 Å². The summed E-state index contributed by atoms with van der Waals surface area (Å²) in [6, 6.07) is 0. The molecule has 70 heavy (non-hydrogen) atoms. The first kappa shape index (κ1) is 68.9. The minimum Gasteiger partial charge on any atom is -0.462 e.